The molecule has 0 amide bonds. The van der Waals surface area contributed by atoms with Crippen molar-refractivity contribution in [2.75, 3.05) is 13.2 Å². The van der Waals surface area contributed by atoms with Crippen LogP contribution >= 0.6 is 0 Å². The van der Waals surface area contributed by atoms with Crippen LogP contribution in [0.1, 0.15) is 19.4 Å². The van der Waals surface area contributed by atoms with Gasteiger partial charge in [-0.1, -0.05) is 30.3 Å². The van der Waals surface area contributed by atoms with E-state index in [1.165, 1.54) is 6.92 Å². The predicted molar refractivity (Wildman–Crippen MR) is 61.3 cm³/mol. The monoisotopic (exact) mass is 236 g/mol. The third-order valence-electron chi connectivity index (χ3n) is 2.71. The Balaban J connectivity index is 1.99. The minimum atomic E-state index is -0.744. The molecule has 2 atom stereocenters. The van der Waals surface area contributed by atoms with Crippen molar-refractivity contribution in [3.05, 3.63) is 35.9 Å². The van der Waals surface area contributed by atoms with Crippen LogP contribution in [0.2, 0.25) is 0 Å². The van der Waals surface area contributed by atoms with Gasteiger partial charge in [-0.15, -0.1) is 0 Å². The molecule has 1 fully saturated rings. The van der Waals surface area contributed by atoms with Gasteiger partial charge in [-0.3, -0.25) is 4.79 Å². The SMILES string of the molecule is CC(=O)OC[C@@H]1CO[C@](C)(c2ccccc2)O1. The fourth-order valence-electron chi connectivity index (χ4n) is 1.82. The molecule has 17 heavy (non-hydrogen) atoms. The summed E-state index contributed by atoms with van der Waals surface area (Å²) in [6.07, 6.45) is -0.205. The number of carbonyl (C=O) groups is 1. The smallest absolute Gasteiger partial charge is 0.302 e. The van der Waals surface area contributed by atoms with E-state index in [0.717, 1.165) is 5.56 Å². The molecule has 92 valence electrons. The van der Waals surface area contributed by atoms with Gasteiger partial charge in [0, 0.05) is 12.5 Å². The molecule has 1 aromatic rings. The topological polar surface area (TPSA) is 44.8 Å². The highest BCUT2D eigenvalue weighted by molar-refractivity contribution is 5.65. The second-order valence-corrected chi connectivity index (χ2v) is 4.17. The zero-order valence-electron chi connectivity index (χ0n) is 10.0. The van der Waals surface area contributed by atoms with Gasteiger partial charge in [0.2, 0.25) is 0 Å². The lowest BCUT2D eigenvalue weighted by Gasteiger charge is -2.23. The van der Waals surface area contributed by atoms with Crippen LogP contribution in [0.15, 0.2) is 30.3 Å². The van der Waals surface area contributed by atoms with Gasteiger partial charge < -0.3 is 14.2 Å². The van der Waals surface area contributed by atoms with Gasteiger partial charge in [-0.05, 0) is 6.92 Å². The lowest BCUT2D eigenvalue weighted by molar-refractivity contribution is -0.171. The molecule has 1 aliphatic rings. The minimum Gasteiger partial charge on any atom is -0.463 e. The van der Waals surface area contributed by atoms with Crippen LogP contribution in [0.25, 0.3) is 0 Å². The fourth-order valence-corrected chi connectivity index (χ4v) is 1.82. The Morgan fingerprint density at radius 2 is 2.18 bits per heavy atom. The van der Waals surface area contributed by atoms with Crippen LogP contribution in [-0.4, -0.2) is 25.3 Å². The number of esters is 1. The summed E-state index contributed by atoms with van der Waals surface area (Å²) in [5, 5.41) is 0. The van der Waals surface area contributed by atoms with Gasteiger partial charge in [-0.25, -0.2) is 0 Å². The third-order valence-corrected chi connectivity index (χ3v) is 2.71. The molecule has 0 radical (unpaired) electrons. The minimum absolute atomic E-state index is 0.205. The van der Waals surface area contributed by atoms with E-state index < -0.39 is 5.79 Å². The molecule has 1 heterocycles. The predicted octanol–water partition coefficient (Wildman–Crippen LogP) is 1.84. The summed E-state index contributed by atoms with van der Waals surface area (Å²) in [6.45, 7) is 3.92. The average Bonchev–Trinajstić information content (AvgIpc) is 2.71. The van der Waals surface area contributed by atoms with E-state index in [0.29, 0.717) is 6.61 Å². The van der Waals surface area contributed by atoms with Crippen LogP contribution in [-0.2, 0) is 24.8 Å². The molecule has 0 bridgehead atoms. The maximum atomic E-state index is 10.7. The number of ether oxygens (including phenoxy) is 3. The van der Waals surface area contributed by atoms with E-state index in [-0.39, 0.29) is 18.7 Å². The molecule has 0 N–H and O–H groups in total. The van der Waals surface area contributed by atoms with Crippen molar-refractivity contribution in [3.63, 3.8) is 0 Å². The molecule has 1 aliphatic heterocycles. The highest BCUT2D eigenvalue weighted by atomic mass is 16.7. The molecule has 2 rings (SSSR count). The number of benzene rings is 1. The van der Waals surface area contributed by atoms with Crippen LogP contribution in [0.5, 0.6) is 0 Å². The van der Waals surface area contributed by atoms with E-state index in [9.17, 15) is 4.79 Å². The highest BCUT2D eigenvalue weighted by Crippen LogP contribution is 2.33. The largest absolute Gasteiger partial charge is 0.463 e. The summed E-state index contributed by atoms with van der Waals surface area (Å²) in [5.74, 6) is -1.05. The molecule has 4 nitrogen and oxygen atoms in total. The summed E-state index contributed by atoms with van der Waals surface area (Å²) < 4.78 is 16.4. The van der Waals surface area contributed by atoms with Crippen molar-refractivity contribution in [1.82, 2.24) is 0 Å². The van der Waals surface area contributed by atoms with Gasteiger partial charge in [0.1, 0.15) is 12.7 Å². The molecular formula is C13H16O4. The second-order valence-electron chi connectivity index (χ2n) is 4.17. The van der Waals surface area contributed by atoms with Crippen molar-refractivity contribution < 1.29 is 19.0 Å². The number of hydrogen-bond acceptors (Lipinski definition) is 4. The number of hydrogen-bond donors (Lipinski definition) is 0. The summed E-state index contributed by atoms with van der Waals surface area (Å²) in [7, 11) is 0. The van der Waals surface area contributed by atoms with Crippen LogP contribution in [0, 0.1) is 0 Å². The summed E-state index contributed by atoms with van der Waals surface area (Å²) >= 11 is 0. The molecule has 0 saturated carbocycles. The van der Waals surface area contributed by atoms with Crippen molar-refractivity contribution in [2.24, 2.45) is 0 Å². The Morgan fingerprint density at radius 3 is 2.82 bits per heavy atom. The molecule has 0 aromatic heterocycles. The third kappa shape index (κ3) is 2.84. The number of carbonyl (C=O) groups excluding carboxylic acids is 1. The number of rotatable bonds is 3. The standard InChI is InChI=1S/C13H16O4/c1-10(14)15-8-12-9-16-13(2,17-12)11-6-4-3-5-7-11/h3-7,12H,8-9H2,1-2H3/t12-,13+/m1/s1. The van der Waals surface area contributed by atoms with Gasteiger partial charge in [0.05, 0.1) is 6.61 Å². The average molecular weight is 236 g/mol. The Bertz CT molecular complexity index is 390. The quantitative estimate of drug-likeness (QED) is 0.751. The summed E-state index contributed by atoms with van der Waals surface area (Å²) in [6, 6.07) is 9.72. The molecular weight excluding hydrogens is 220 g/mol. The van der Waals surface area contributed by atoms with E-state index in [1.807, 2.05) is 37.3 Å². The normalized spacial score (nSPS) is 28.0. The van der Waals surface area contributed by atoms with E-state index in [2.05, 4.69) is 0 Å². The molecule has 4 heteroatoms. The van der Waals surface area contributed by atoms with Gasteiger partial charge in [-0.2, -0.15) is 0 Å². The maximum Gasteiger partial charge on any atom is 0.302 e. The van der Waals surface area contributed by atoms with Crippen molar-refractivity contribution >= 4 is 5.97 Å². The Morgan fingerprint density at radius 1 is 1.47 bits per heavy atom. The molecule has 1 saturated heterocycles. The maximum absolute atomic E-state index is 10.7. The molecule has 0 spiro atoms. The first-order valence-corrected chi connectivity index (χ1v) is 5.61. The Kier molecular flexibility index (Phi) is 3.45. The Labute approximate surface area is 100 Å². The zero-order valence-corrected chi connectivity index (χ0v) is 10.0. The lowest BCUT2D eigenvalue weighted by Crippen LogP contribution is -2.26. The first-order chi connectivity index (χ1) is 8.10. The van der Waals surface area contributed by atoms with Crippen molar-refractivity contribution in [3.8, 4) is 0 Å². The van der Waals surface area contributed by atoms with Gasteiger partial charge in [0.25, 0.3) is 0 Å². The van der Waals surface area contributed by atoms with E-state index >= 15 is 0 Å². The zero-order chi connectivity index (χ0) is 12.3. The van der Waals surface area contributed by atoms with Crippen LogP contribution in [0.4, 0.5) is 0 Å². The van der Waals surface area contributed by atoms with Crippen LogP contribution < -0.4 is 0 Å². The highest BCUT2D eigenvalue weighted by Gasteiger charge is 2.39. The summed E-state index contributed by atoms with van der Waals surface area (Å²) in [5.41, 5.74) is 0.963. The van der Waals surface area contributed by atoms with Crippen molar-refractivity contribution in [1.29, 1.82) is 0 Å². The summed E-state index contributed by atoms with van der Waals surface area (Å²) in [4.78, 5) is 10.7. The van der Waals surface area contributed by atoms with Crippen molar-refractivity contribution in [2.45, 2.75) is 25.7 Å². The Hall–Kier alpha value is -1.39. The molecule has 1 aromatic carbocycles. The lowest BCUT2D eigenvalue weighted by atomic mass is 10.1. The van der Waals surface area contributed by atoms with Gasteiger partial charge >= 0.3 is 5.97 Å². The second kappa shape index (κ2) is 4.85. The van der Waals surface area contributed by atoms with Gasteiger partial charge in [0.15, 0.2) is 5.79 Å². The molecule has 0 aliphatic carbocycles. The fraction of sp³-hybridized carbons (Fsp3) is 0.462. The van der Waals surface area contributed by atoms with E-state index in [4.69, 9.17) is 14.2 Å². The first kappa shape index (κ1) is 12.1. The first-order valence-electron chi connectivity index (χ1n) is 5.61. The van der Waals surface area contributed by atoms with E-state index in [1.54, 1.807) is 0 Å². The van der Waals surface area contributed by atoms with Crippen LogP contribution in [0.3, 0.4) is 0 Å². The molecule has 0 unspecified atom stereocenters.